The van der Waals surface area contributed by atoms with Crippen LogP contribution in [0.15, 0.2) is 75.9 Å². The first kappa shape index (κ1) is 23.7. The molecule has 0 aliphatic heterocycles. The summed E-state index contributed by atoms with van der Waals surface area (Å²) < 4.78 is 35.2. The Balaban J connectivity index is 1.55. The molecule has 0 aliphatic carbocycles. The number of halogens is 1. The molecule has 0 aliphatic rings. The van der Waals surface area contributed by atoms with Crippen molar-refractivity contribution in [2.75, 3.05) is 6.61 Å². The van der Waals surface area contributed by atoms with Gasteiger partial charge in [-0.2, -0.15) is 0 Å². The van der Waals surface area contributed by atoms with Gasteiger partial charge in [-0.15, -0.1) is 0 Å². The molecule has 7 nitrogen and oxygen atoms in total. The first-order valence-electron chi connectivity index (χ1n) is 10.9. The maximum absolute atomic E-state index is 13.4. The maximum atomic E-state index is 13.4. The van der Waals surface area contributed by atoms with Gasteiger partial charge in [0.2, 0.25) is 11.2 Å². The van der Waals surface area contributed by atoms with Gasteiger partial charge in [0, 0.05) is 6.07 Å². The van der Waals surface area contributed by atoms with Gasteiger partial charge >= 0.3 is 11.9 Å². The molecule has 0 N–H and O–H groups in total. The summed E-state index contributed by atoms with van der Waals surface area (Å²) in [5.74, 6) is -1.07. The van der Waals surface area contributed by atoms with Crippen molar-refractivity contribution in [3.05, 3.63) is 99.7 Å². The van der Waals surface area contributed by atoms with Crippen LogP contribution < -0.4 is 14.9 Å². The van der Waals surface area contributed by atoms with Gasteiger partial charge < -0.3 is 18.6 Å². The van der Waals surface area contributed by atoms with Crippen molar-refractivity contribution in [2.45, 2.75) is 20.3 Å². The van der Waals surface area contributed by atoms with E-state index in [2.05, 4.69) is 0 Å². The van der Waals surface area contributed by atoms with Crippen molar-refractivity contribution in [3.63, 3.8) is 0 Å². The van der Waals surface area contributed by atoms with Gasteiger partial charge in [-0.3, -0.25) is 4.79 Å². The van der Waals surface area contributed by atoms with Gasteiger partial charge in [-0.1, -0.05) is 13.0 Å². The smallest absolute Gasteiger partial charge is 0.343 e. The lowest BCUT2D eigenvalue weighted by Gasteiger charge is -2.10. The van der Waals surface area contributed by atoms with E-state index in [0.717, 1.165) is 12.5 Å². The second-order valence-electron chi connectivity index (χ2n) is 7.64. The van der Waals surface area contributed by atoms with Crippen LogP contribution in [0.25, 0.3) is 11.0 Å². The summed E-state index contributed by atoms with van der Waals surface area (Å²) in [6, 6.07) is 15.6. The third-order valence-electron chi connectivity index (χ3n) is 5.00. The zero-order valence-corrected chi connectivity index (χ0v) is 19.0. The van der Waals surface area contributed by atoms with E-state index in [4.69, 9.17) is 18.6 Å². The van der Waals surface area contributed by atoms with Gasteiger partial charge in [-0.25, -0.2) is 14.0 Å². The van der Waals surface area contributed by atoms with E-state index in [1.807, 2.05) is 6.92 Å². The summed E-state index contributed by atoms with van der Waals surface area (Å²) in [6.45, 7) is 3.81. The predicted molar refractivity (Wildman–Crippen MR) is 126 cm³/mol. The molecule has 0 spiro atoms. The Bertz CT molecular complexity index is 1460. The number of aryl methyl sites for hydroxylation is 1. The number of fused-ring (bicyclic) bond motifs is 1. The highest BCUT2D eigenvalue weighted by molar-refractivity contribution is 5.92. The van der Waals surface area contributed by atoms with Crippen molar-refractivity contribution < 1.29 is 32.6 Å². The Kier molecular flexibility index (Phi) is 6.91. The van der Waals surface area contributed by atoms with Crippen LogP contribution in [0, 0.1) is 12.7 Å². The Morgan fingerprint density at radius 1 is 0.914 bits per heavy atom. The average molecular weight is 476 g/mol. The fraction of sp³-hybridized carbons (Fsp3) is 0.148. The van der Waals surface area contributed by atoms with Gasteiger partial charge in [0.25, 0.3) is 0 Å². The fourth-order valence-corrected chi connectivity index (χ4v) is 3.29. The van der Waals surface area contributed by atoms with Crippen molar-refractivity contribution in [1.29, 1.82) is 0 Å². The molecule has 0 saturated heterocycles. The minimum atomic E-state index is -0.745. The Labute approximate surface area is 199 Å². The molecule has 4 rings (SSSR count). The molecular formula is C27H21FO7. The summed E-state index contributed by atoms with van der Waals surface area (Å²) in [6.07, 6.45) is 0.723. The number of carbonyl (C=O) groups is 2. The number of esters is 2. The van der Waals surface area contributed by atoms with E-state index in [1.165, 1.54) is 36.4 Å². The second-order valence-corrected chi connectivity index (χ2v) is 7.64. The molecule has 35 heavy (non-hydrogen) atoms. The zero-order valence-electron chi connectivity index (χ0n) is 19.0. The first-order valence-corrected chi connectivity index (χ1v) is 10.9. The minimum absolute atomic E-state index is 0.0108. The highest BCUT2D eigenvalue weighted by Crippen LogP contribution is 2.28. The van der Waals surface area contributed by atoms with Crippen LogP contribution in [0.1, 0.15) is 39.8 Å². The summed E-state index contributed by atoms with van der Waals surface area (Å²) in [7, 11) is 0. The summed E-state index contributed by atoms with van der Waals surface area (Å²) in [5.41, 5.74) is 0.195. The monoisotopic (exact) mass is 476 g/mol. The van der Waals surface area contributed by atoms with Crippen LogP contribution in [0.3, 0.4) is 0 Å². The van der Waals surface area contributed by atoms with Gasteiger partial charge in [0.1, 0.15) is 28.7 Å². The molecule has 0 unspecified atom stereocenters. The lowest BCUT2D eigenvalue weighted by atomic mass is 10.2. The van der Waals surface area contributed by atoms with Crippen LogP contribution in [0.5, 0.6) is 17.2 Å². The Morgan fingerprint density at radius 2 is 1.66 bits per heavy atom. The van der Waals surface area contributed by atoms with Gasteiger partial charge in [-0.05, 0) is 67.9 Å². The molecule has 0 saturated carbocycles. The standard InChI is InChI=1S/C27H21FO7/c1-3-13-32-26(30)17-7-9-20(10-8-17)34-25-16(2)33-23-15-21(11-12-22(23)24(25)29)35-27(31)18-5-4-6-19(28)14-18/h4-12,14-15H,3,13H2,1-2H3. The maximum Gasteiger partial charge on any atom is 0.343 e. The molecule has 178 valence electrons. The number of benzene rings is 3. The van der Waals surface area contributed by atoms with Crippen molar-refractivity contribution in [3.8, 4) is 17.2 Å². The van der Waals surface area contributed by atoms with Crippen molar-refractivity contribution >= 4 is 22.9 Å². The molecule has 0 radical (unpaired) electrons. The van der Waals surface area contributed by atoms with E-state index in [-0.39, 0.29) is 33.8 Å². The lowest BCUT2D eigenvalue weighted by Crippen LogP contribution is -2.10. The molecule has 3 aromatic carbocycles. The van der Waals surface area contributed by atoms with Gasteiger partial charge in [0.15, 0.2) is 0 Å². The molecule has 0 fully saturated rings. The third kappa shape index (κ3) is 5.38. The van der Waals surface area contributed by atoms with E-state index in [0.29, 0.717) is 17.9 Å². The van der Waals surface area contributed by atoms with Crippen molar-refractivity contribution in [2.24, 2.45) is 0 Å². The quantitative estimate of drug-likeness (QED) is 0.245. The summed E-state index contributed by atoms with van der Waals surface area (Å²) in [5, 5.41) is 0.218. The van der Waals surface area contributed by atoms with E-state index >= 15 is 0 Å². The third-order valence-corrected chi connectivity index (χ3v) is 5.00. The molecule has 1 aromatic heterocycles. The molecule has 0 atom stereocenters. The lowest BCUT2D eigenvalue weighted by molar-refractivity contribution is 0.0504. The Morgan fingerprint density at radius 3 is 2.37 bits per heavy atom. The van der Waals surface area contributed by atoms with Crippen LogP contribution >= 0.6 is 0 Å². The molecule has 8 heteroatoms. The number of hydrogen-bond donors (Lipinski definition) is 0. The van der Waals surface area contributed by atoms with E-state index in [1.54, 1.807) is 31.2 Å². The largest absolute Gasteiger partial charge is 0.462 e. The zero-order chi connectivity index (χ0) is 24.9. The normalized spacial score (nSPS) is 10.7. The van der Waals surface area contributed by atoms with Crippen LogP contribution in [-0.2, 0) is 4.74 Å². The van der Waals surface area contributed by atoms with E-state index < -0.39 is 23.2 Å². The summed E-state index contributed by atoms with van der Waals surface area (Å²) >= 11 is 0. The van der Waals surface area contributed by atoms with E-state index in [9.17, 15) is 18.8 Å². The summed E-state index contributed by atoms with van der Waals surface area (Å²) in [4.78, 5) is 37.3. The number of rotatable bonds is 7. The number of ether oxygens (including phenoxy) is 3. The Hall–Kier alpha value is -4.46. The molecule has 0 bridgehead atoms. The molecule has 1 heterocycles. The molecular weight excluding hydrogens is 455 g/mol. The van der Waals surface area contributed by atoms with Crippen LogP contribution in [-0.4, -0.2) is 18.5 Å². The number of carbonyl (C=O) groups excluding carboxylic acids is 2. The topological polar surface area (TPSA) is 92.0 Å². The highest BCUT2D eigenvalue weighted by Gasteiger charge is 2.17. The first-order chi connectivity index (χ1) is 16.9. The molecule has 4 aromatic rings. The SMILES string of the molecule is CCCOC(=O)c1ccc(Oc2c(C)oc3cc(OC(=O)c4cccc(F)c4)ccc3c2=O)cc1. The van der Waals surface area contributed by atoms with Gasteiger partial charge in [0.05, 0.1) is 23.1 Å². The van der Waals surface area contributed by atoms with Crippen molar-refractivity contribution in [1.82, 2.24) is 0 Å². The predicted octanol–water partition coefficient (Wildman–Crippen LogP) is 5.82. The fourth-order valence-electron chi connectivity index (χ4n) is 3.29. The minimum Gasteiger partial charge on any atom is -0.462 e. The highest BCUT2D eigenvalue weighted by atomic mass is 19.1. The molecule has 0 amide bonds. The van der Waals surface area contributed by atoms with Crippen LogP contribution in [0.4, 0.5) is 4.39 Å². The van der Waals surface area contributed by atoms with Crippen LogP contribution in [0.2, 0.25) is 0 Å². The number of hydrogen-bond acceptors (Lipinski definition) is 7. The average Bonchev–Trinajstić information content (AvgIpc) is 2.85. The second kappa shape index (κ2) is 10.2.